The lowest BCUT2D eigenvalue weighted by molar-refractivity contribution is -0.141. The number of carboxylic acids is 1. The van der Waals surface area contributed by atoms with Crippen molar-refractivity contribution in [2.45, 2.75) is 77.7 Å². The zero-order valence-corrected chi connectivity index (χ0v) is 30.7. The van der Waals surface area contributed by atoms with E-state index in [4.69, 9.17) is 24.1 Å². The van der Waals surface area contributed by atoms with Gasteiger partial charge in [-0.1, -0.05) is 0 Å². The monoisotopic (exact) mass is 754 g/mol. The molecule has 1 rings (SSSR count). The summed E-state index contributed by atoms with van der Waals surface area (Å²) in [6.45, 7) is 5.60. The Labute approximate surface area is 309 Å². The van der Waals surface area contributed by atoms with Crippen LogP contribution in [0.5, 0.6) is 0 Å². The van der Waals surface area contributed by atoms with Gasteiger partial charge in [0, 0.05) is 69.8 Å². The van der Waals surface area contributed by atoms with E-state index < -0.39 is 53.6 Å². The molecule has 0 radical (unpaired) electrons. The summed E-state index contributed by atoms with van der Waals surface area (Å²) in [6.07, 6.45) is 2.76. The van der Waals surface area contributed by atoms with Crippen LogP contribution in [0, 0.1) is 5.92 Å². The Hall–Kier alpha value is -4.39. The van der Waals surface area contributed by atoms with Crippen LogP contribution in [0.15, 0.2) is 12.2 Å². The number of hydrogen-bond acceptors (Lipinski definition) is 13. The molecule has 0 aromatic rings. The number of imide groups is 1. The highest BCUT2D eigenvalue weighted by Crippen LogP contribution is 2.15. The van der Waals surface area contributed by atoms with Gasteiger partial charge < -0.3 is 44.8 Å². The Morgan fingerprint density at radius 3 is 1.77 bits per heavy atom. The molecule has 5 amide bonds. The first kappa shape index (κ1) is 46.6. The van der Waals surface area contributed by atoms with Crippen molar-refractivity contribution in [1.29, 1.82) is 0 Å². The molecule has 0 bridgehead atoms. The number of aliphatic carboxylic acids is 1. The molecule has 2 atom stereocenters. The summed E-state index contributed by atoms with van der Waals surface area (Å²) in [5, 5.41) is 17.1. The van der Waals surface area contributed by atoms with Gasteiger partial charge in [0.05, 0.1) is 65.3 Å². The number of unbranched alkanes of at least 4 members (excludes halogenated alkanes) is 1. The first-order valence-electron chi connectivity index (χ1n) is 17.7. The summed E-state index contributed by atoms with van der Waals surface area (Å²) >= 11 is 0. The third kappa shape index (κ3) is 23.7. The van der Waals surface area contributed by atoms with Gasteiger partial charge >= 0.3 is 5.97 Å². The van der Waals surface area contributed by atoms with Crippen LogP contribution >= 0.6 is 0 Å². The molecule has 1 aliphatic heterocycles. The van der Waals surface area contributed by atoms with Gasteiger partial charge in [0.15, 0.2) is 5.78 Å². The van der Waals surface area contributed by atoms with Crippen molar-refractivity contribution >= 4 is 52.9 Å². The molecule has 0 aromatic carbocycles. The Kier molecular flexibility index (Phi) is 24.8. The van der Waals surface area contributed by atoms with Crippen LogP contribution in [-0.2, 0) is 62.1 Å². The highest BCUT2D eigenvalue weighted by molar-refractivity contribution is 6.13. The number of ether oxygens (including phenoxy) is 4. The molecule has 0 aromatic heterocycles. The molecule has 18 heteroatoms. The van der Waals surface area contributed by atoms with E-state index in [0.717, 1.165) is 4.90 Å². The van der Waals surface area contributed by atoms with Crippen LogP contribution in [0.2, 0.25) is 0 Å². The molecule has 0 spiro atoms. The van der Waals surface area contributed by atoms with Crippen molar-refractivity contribution in [1.82, 2.24) is 20.9 Å². The Bertz CT molecular complexity index is 1250. The van der Waals surface area contributed by atoms with E-state index in [2.05, 4.69) is 16.0 Å². The predicted molar refractivity (Wildman–Crippen MR) is 186 cm³/mol. The summed E-state index contributed by atoms with van der Waals surface area (Å²) in [6, 6.07) is -0.949. The Morgan fingerprint density at radius 1 is 0.660 bits per heavy atom. The molecule has 1 aliphatic rings. The molecule has 298 valence electrons. The fourth-order valence-electron chi connectivity index (χ4n) is 4.76. The third-order valence-electron chi connectivity index (χ3n) is 7.73. The van der Waals surface area contributed by atoms with E-state index >= 15 is 0 Å². The number of carbonyl (C=O) groups is 9. The molecular formula is C35H54N4O14. The van der Waals surface area contributed by atoms with E-state index in [-0.39, 0.29) is 89.0 Å². The van der Waals surface area contributed by atoms with Crippen LogP contribution in [0.4, 0.5) is 0 Å². The molecule has 53 heavy (non-hydrogen) atoms. The lowest BCUT2D eigenvalue weighted by atomic mass is 9.91. The zero-order valence-electron chi connectivity index (χ0n) is 30.7. The second-order valence-electron chi connectivity index (χ2n) is 12.2. The first-order valence-corrected chi connectivity index (χ1v) is 17.7. The minimum absolute atomic E-state index is 0.0154. The molecule has 0 saturated heterocycles. The summed E-state index contributed by atoms with van der Waals surface area (Å²) in [5.41, 5.74) is 0. The van der Waals surface area contributed by atoms with E-state index in [9.17, 15) is 43.2 Å². The maximum atomic E-state index is 12.9. The van der Waals surface area contributed by atoms with Gasteiger partial charge in [0.1, 0.15) is 11.6 Å². The highest BCUT2D eigenvalue weighted by atomic mass is 16.6. The quantitative estimate of drug-likeness (QED) is 0.0494. The summed E-state index contributed by atoms with van der Waals surface area (Å²) in [5.74, 6) is -5.15. The molecule has 4 N–H and O–H groups in total. The number of carbonyl (C=O) groups excluding carboxylic acids is 8. The van der Waals surface area contributed by atoms with E-state index in [1.54, 1.807) is 0 Å². The lowest BCUT2D eigenvalue weighted by Gasteiger charge is -2.20. The van der Waals surface area contributed by atoms with Gasteiger partial charge in [0.2, 0.25) is 17.7 Å². The average Bonchev–Trinajstić information content (AvgIpc) is 3.42. The van der Waals surface area contributed by atoms with Crippen molar-refractivity contribution in [3.63, 3.8) is 0 Å². The van der Waals surface area contributed by atoms with Crippen LogP contribution in [0.3, 0.4) is 0 Å². The van der Waals surface area contributed by atoms with E-state index in [1.165, 1.54) is 26.0 Å². The van der Waals surface area contributed by atoms with Gasteiger partial charge in [-0.25, -0.2) is 0 Å². The van der Waals surface area contributed by atoms with Crippen LogP contribution in [-0.4, -0.2) is 141 Å². The number of carboxylic acid groups (broad SMARTS) is 1. The van der Waals surface area contributed by atoms with Gasteiger partial charge in [0.25, 0.3) is 11.8 Å². The molecule has 18 nitrogen and oxygen atoms in total. The number of nitrogens with zero attached hydrogens (tertiary/aromatic N) is 1. The van der Waals surface area contributed by atoms with E-state index in [1.807, 2.05) is 0 Å². The van der Waals surface area contributed by atoms with Crippen LogP contribution in [0.1, 0.15) is 71.6 Å². The van der Waals surface area contributed by atoms with Crippen molar-refractivity contribution < 1.29 is 67.2 Å². The Morgan fingerprint density at radius 2 is 1.21 bits per heavy atom. The number of nitrogens with one attached hydrogen (secondary N) is 3. The zero-order chi connectivity index (χ0) is 39.4. The van der Waals surface area contributed by atoms with Crippen molar-refractivity contribution in [2.24, 2.45) is 5.92 Å². The summed E-state index contributed by atoms with van der Waals surface area (Å²) < 4.78 is 21.6. The Balaban J connectivity index is 2.06. The second kappa shape index (κ2) is 28.2. The largest absolute Gasteiger partial charge is 0.481 e. The second-order valence-corrected chi connectivity index (χ2v) is 12.2. The minimum Gasteiger partial charge on any atom is -0.481 e. The maximum absolute atomic E-state index is 12.9. The number of hydrogen-bond donors (Lipinski definition) is 4. The first-order chi connectivity index (χ1) is 25.3. The molecule has 1 heterocycles. The number of Topliss-reactive ketones (excluding diaryl/α,β-unsaturated/α-hetero) is 3. The number of ketones is 3. The van der Waals surface area contributed by atoms with Gasteiger partial charge in [-0.05, 0) is 33.1 Å². The van der Waals surface area contributed by atoms with Crippen molar-refractivity contribution in [3.8, 4) is 0 Å². The molecule has 0 unspecified atom stereocenters. The normalized spacial score (nSPS) is 13.4. The van der Waals surface area contributed by atoms with Gasteiger partial charge in [-0.3, -0.25) is 43.3 Å². The SMILES string of the molecule is CC(=O)CCC(=O)N[C@@H](CCCCNC(=O)CCOCCOCCOCCOCCNC(=O)CCN1C(=O)C=CC1=O)C(=O)C[C@@H](CC(=O)O)C(C)=O. The van der Waals surface area contributed by atoms with E-state index in [0.29, 0.717) is 52.4 Å². The fraction of sp³-hybridized carbons (Fsp3) is 0.686. The van der Waals surface area contributed by atoms with Gasteiger partial charge in [-0.2, -0.15) is 0 Å². The molecule has 0 aliphatic carbocycles. The lowest BCUT2D eigenvalue weighted by Crippen LogP contribution is -2.42. The molecule has 0 fully saturated rings. The highest BCUT2D eigenvalue weighted by Gasteiger charge is 2.27. The van der Waals surface area contributed by atoms with Crippen LogP contribution in [0.25, 0.3) is 0 Å². The average molecular weight is 755 g/mol. The number of rotatable bonds is 33. The summed E-state index contributed by atoms with van der Waals surface area (Å²) in [7, 11) is 0. The number of amides is 5. The minimum atomic E-state index is -1.21. The van der Waals surface area contributed by atoms with Crippen molar-refractivity contribution in [3.05, 3.63) is 12.2 Å². The van der Waals surface area contributed by atoms with Crippen molar-refractivity contribution in [2.75, 3.05) is 72.5 Å². The topological polar surface area (TPSA) is 250 Å². The molecule has 0 saturated carbocycles. The smallest absolute Gasteiger partial charge is 0.304 e. The third-order valence-corrected chi connectivity index (χ3v) is 7.73. The molecular weight excluding hydrogens is 700 g/mol. The van der Waals surface area contributed by atoms with Gasteiger partial charge in [-0.15, -0.1) is 0 Å². The standard InChI is InChI=1S/C35H54N4O14/c1-25(40)6-7-32(45)38-28(29(42)23-27(26(2)41)24-35(48)49)5-3-4-12-36-31(44)11-15-50-17-19-52-21-22-53-20-18-51-16-13-37-30(43)10-14-39-33(46)8-9-34(39)47/h8-9,27-28H,3-7,10-24H2,1-2H3,(H,36,44)(H,37,43)(H,38,45)(H,48,49)/t27-,28-/m0/s1. The maximum Gasteiger partial charge on any atom is 0.304 e. The fourth-order valence-corrected chi connectivity index (χ4v) is 4.76. The van der Waals surface area contributed by atoms with Crippen LogP contribution < -0.4 is 16.0 Å². The predicted octanol–water partition coefficient (Wildman–Crippen LogP) is -0.346. The summed E-state index contributed by atoms with van der Waals surface area (Å²) in [4.78, 5) is 107.